The standard InChI is InChI=1S/C22H26N2O3S/c1-16-6-3-9-20(17(16)2)23-21(25)15-24(14-18-7-4-12-27-18)22(26)11-10-19-8-5-13-28-19/h3,5-6,8-11,13,18H,4,7,12,14-15H2,1-2H3,(H,23,25)/b11-10+/t18-/m1/s1. The minimum atomic E-state index is -0.204. The molecule has 1 aliphatic heterocycles. The fraction of sp³-hybridized carbons (Fsp3) is 0.364. The highest BCUT2D eigenvalue weighted by atomic mass is 32.1. The number of nitrogens with one attached hydrogen (secondary N) is 1. The average molecular weight is 399 g/mol. The normalized spacial score (nSPS) is 16.4. The van der Waals surface area contributed by atoms with E-state index in [1.807, 2.05) is 49.6 Å². The van der Waals surface area contributed by atoms with Crippen molar-refractivity contribution in [3.05, 3.63) is 57.8 Å². The Morgan fingerprint density at radius 2 is 2.14 bits per heavy atom. The van der Waals surface area contributed by atoms with Crippen LogP contribution in [-0.2, 0) is 14.3 Å². The van der Waals surface area contributed by atoms with Gasteiger partial charge in [0.05, 0.1) is 6.10 Å². The molecule has 148 valence electrons. The van der Waals surface area contributed by atoms with Crippen molar-refractivity contribution < 1.29 is 14.3 Å². The molecule has 0 spiro atoms. The number of anilines is 1. The van der Waals surface area contributed by atoms with Crippen LogP contribution in [0.25, 0.3) is 6.08 Å². The zero-order chi connectivity index (χ0) is 19.9. The molecule has 2 heterocycles. The third-order valence-corrected chi connectivity index (χ3v) is 5.74. The minimum Gasteiger partial charge on any atom is -0.376 e. The van der Waals surface area contributed by atoms with Crippen molar-refractivity contribution in [1.82, 2.24) is 4.90 Å². The second kappa shape index (κ2) is 9.66. The second-order valence-corrected chi connectivity index (χ2v) is 7.98. The average Bonchev–Trinajstić information content (AvgIpc) is 3.37. The summed E-state index contributed by atoms with van der Waals surface area (Å²) in [4.78, 5) is 27.9. The van der Waals surface area contributed by atoms with Gasteiger partial charge >= 0.3 is 0 Å². The summed E-state index contributed by atoms with van der Waals surface area (Å²) < 4.78 is 5.67. The molecule has 0 saturated carbocycles. The first-order valence-corrected chi connectivity index (χ1v) is 10.4. The molecule has 28 heavy (non-hydrogen) atoms. The molecule has 2 aromatic rings. The van der Waals surface area contributed by atoms with E-state index in [4.69, 9.17) is 4.74 Å². The fourth-order valence-corrected chi connectivity index (χ4v) is 3.78. The monoisotopic (exact) mass is 398 g/mol. The van der Waals surface area contributed by atoms with E-state index in [-0.39, 0.29) is 24.5 Å². The first kappa shape index (κ1) is 20.3. The van der Waals surface area contributed by atoms with Crippen molar-refractivity contribution >= 4 is 34.9 Å². The van der Waals surface area contributed by atoms with Crippen LogP contribution in [0.1, 0.15) is 28.8 Å². The molecule has 2 amide bonds. The number of amides is 2. The molecule has 0 unspecified atom stereocenters. The van der Waals surface area contributed by atoms with Crippen molar-refractivity contribution in [3.63, 3.8) is 0 Å². The van der Waals surface area contributed by atoms with Crippen molar-refractivity contribution in [2.45, 2.75) is 32.8 Å². The number of hydrogen-bond donors (Lipinski definition) is 1. The van der Waals surface area contributed by atoms with E-state index < -0.39 is 0 Å². The Bertz CT molecular complexity index is 839. The Balaban J connectivity index is 1.67. The smallest absolute Gasteiger partial charge is 0.247 e. The first-order chi connectivity index (χ1) is 13.5. The van der Waals surface area contributed by atoms with Crippen LogP contribution in [0.15, 0.2) is 41.8 Å². The van der Waals surface area contributed by atoms with Crippen LogP contribution in [0.5, 0.6) is 0 Å². The molecule has 1 aromatic carbocycles. The third-order valence-electron chi connectivity index (χ3n) is 4.91. The van der Waals surface area contributed by atoms with Crippen molar-refractivity contribution in [3.8, 4) is 0 Å². The predicted molar refractivity (Wildman–Crippen MR) is 113 cm³/mol. The predicted octanol–water partition coefficient (Wildman–Crippen LogP) is 4.02. The molecule has 1 aromatic heterocycles. The van der Waals surface area contributed by atoms with Gasteiger partial charge in [0.25, 0.3) is 0 Å². The molecule has 3 rings (SSSR count). The van der Waals surface area contributed by atoms with E-state index in [2.05, 4.69) is 5.32 Å². The van der Waals surface area contributed by atoms with E-state index in [1.165, 1.54) is 6.08 Å². The van der Waals surface area contributed by atoms with Crippen LogP contribution in [0.3, 0.4) is 0 Å². The van der Waals surface area contributed by atoms with Crippen molar-refractivity contribution in [1.29, 1.82) is 0 Å². The Hall–Kier alpha value is -2.44. The van der Waals surface area contributed by atoms with Gasteiger partial charge in [0.15, 0.2) is 0 Å². The van der Waals surface area contributed by atoms with E-state index in [1.54, 1.807) is 22.3 Å². The topological polar surface area (TPSA) is 58.6 Å². The van der Waals surface area contributed by atoms with Crippen LogP contribution in [0.4, 0.5) is 5.69 Å². The van der Waals surface area contributed by atoms with Crippen LogP contribution in [0.2, 0.25) is 0 Å². The Morgan fingerprint density at radius 1 is 1.29 bits per heavy atom. The molecule has 1 atom stereocenters. The molecule has 1 saturated heterocycles. The lowest BCUT2D eigenvalue weighted by Crippen LogP contribution is -2.41. The number of rotatable bonds is 7. The third kappa shape index (κ3) is 5.53. The van der Waals surface area contributed by atoms with E-state index in [0.717, 1.165) is 34.5 Å². The second-order valence-electron chi connectivity index (χ2n) is 7.00. The molecule has 1 aliphatic rings. The van der Waals surface area contributed by atoms with Gasteiger partial charge in [0, 0.05) is 29.8 Å². The lowest BCUT2D eigenvalue weighted by molar-refractivity contribution is -0.131. The molecule has 0 aliphatic carbocycles. The van der Waals surface area contributed by atoms with Gasteiger partial charge in [-0.05, 0) is 61.4 Å². The molecular formula is C22H26N2O3S. The number of aryl methyl sites for hydroxylation is 1. The Kier molecular flexibility index (Phi) is 7.01. The maximum absolute atomic E-state index is 12.7. The van der Waals surface area contributed by atoms with Gasteiger partial charge in [-0.1, -0.05) is 18.2 Å². The summed E-state index contributed by atoms with van der Waals surface area (Å²) in [6.45, 7) is 5.12. The van der Waals surface area contributed by atoms with Gasteiger partial charge in [0.1, 0.15) is 6.54 Å². The number of nitrogens with zero attached hydrogens (tertiary/aromatic N) is 1. The van der Waals surface area contributed by atoms with Gasteiger partial charge in [-0.15, -0.1) is 11.3 Å². The largest absolute Gasteiger partial charge is 0.376 e. The van der Waals surface area contributed by atoms with Crippen molar-refractivity contribution in [2.75, 3.05) is 25.0 Å². The van der Waals surface area contributed by atoms with Gasteiger partial charge in [-0.3, -0.25) is 9.59 Å². The van der Waals surface area contributed by atoms with Crippen molar-refractivity contribution in [2.24, 2.45) is 0 Å². The van der Waals surface area contributed by atoms with Gasteiger partial charge in [-0.25, -0.2) is 0 Å². The highest BCUT2D eigenvalue weighted by Crippen LogP contribution is 2.19. The van der Waals surface area contributed by atoms with Crippen LogP contribution in [-0.4, -0.2) is 42.5 Å². The number of carbonyl (C=O) groups excluding carboxylic acids is 2. The lowest BCUT2D eigenvalue weighted by Gasteiger charge is -2.24. The summed E-state index contributed by atoms with van der Waals surface area (Å²) in [6, 6.07) is 9.69. The van der Waals surface area contributed by atoms with Crippen LogP contribution < -0.4 is 5.32 Å². The maximum Gasteiger partial charge on any atom is 0.247 e. The summed E-state index contributed by atoms with van der Waals surface area (Å²) in [7, 11) is 0. The number of ether oxygens (including phenoxy) is 1. The van der Waals surface area contributed by atoms with E-state index >= 15 is 0 Å². The summed E-state index contributed by atoms with van der Waals surface area (Å²) in [5.41, 5.74) is 2.93. The molecule has 5 nitrogen and oxygen atoms in total. The minimum absolute atomic E-state index is 0.000849. The summed E-state index contributed by atoms with van der Waals surface area (Å²) in [5, 5.41) is 4.90. The number of thiophene rings is 1. The molecule has 1 fully saturated rings. The fourth-order valence-electron chi connectivity index (χ4n) is 3.16. The number of hydrogen-bond acceptors (Lipinski definition) is 4. The van der Waals surface area contributed by atoms with Crippen LogP contribution in [0, 0.1) is 13.8 Å². The number of carbonyl (C=O) groups is 2. The zero-order valence-electron chi connectivity index (χ0n) is 16.3. The highest BCUT2D eigenvalue weighted by Gasteiger charge is 2.23. The van der Waals surface area contributed by atoms with Gasteiger partial charge in [-0.2, -0.15) is 0 Å². The quantitative estimate of drug-likeness (QED) is 0.717. The molecule has 0 radical (unpaired) electrons. The summed E-state index contributed by atoms with van der Waals surface area (Å²) in [6.07, 6.45) is 5.22. The summed E-state index contributed by atoms with van der Waals surface area (Å²) >= 11 is 1.57. The molecule has 0 bridgehead atoms. The first-order valence-electron chi connectivity index (χ1n) is 9.51. The Labute approximate surface area is 170 Å². The maximum atomic E-state index is 12.7. The molecular weight excluding hydrogens is 372 g/mol. The molecule has 1 N–H and O–H groups in total. The highest BCUT2D eigenvalue weighted by molar-refractivity contribution is 7.10. The van der Waals surface area contributed by atoms with E-state index in [9.17, 15) is 9.59 Å². The summed E-state index contributed by atoms with van der Waals surface area (Å²) in [5.74, 6) is -0.385. The van der Waals surface area contributed by atoms with E-state index in [0.29, 0.717) is 13.2 Å². The van der Waals surface area contributed by atoms with Crippen LogP contribution >= 0.6 is 11.3 Å². The zero-order valence-corrected chi connectivity index (χ0v) is 17.1. The lowest BCUT2D eigenvalue weighted by atomic mass is 10.1. The Morgan fingerprint density at radius 3 is 2.86 bits per heavy atom. The number of benzene rings is 1. The van der Waals surface area contributed by atoms with Gasteiger partial charge in [0.2, 0.25) is 11.8 Å². The molecule has 6 heteroatoms. The SMILES string of the molecule is Cc1cccc(NC(=O)CN(C[C@H]2CCCO2)C(=O)/C=C/c2cccs2)c1C. The van der Waals surface area contributed by atoms with Gasteiger partial charge < -0.3 is 15.0 Å².